The van der Waals surface area contributed by atoms with Crippen LogP contribution in [0.5, 0.6) is 0 Å². The van der Waals surface area contributed by atoms with Crippen LogP contribution in [0.4, 0.5) is 4.39 Å². The first kappa shape index (κ1) is 11.1. The zero-order valence-corrected chi connectivity index (χ0v) is 8.59. The van der Waals surface area contributed by atoms with Crippen molar-refractivity contribution in [1.82, 2.24) is 0 Å². The fraction of sp³-hybridized carbons (Fsp3) is 0.455. The van der Waals surface area contributed by atoms with Gasteiger partial charge in [-0.3, -0.25) is 0 Å². The molecule has 0 fully saturated rings. The first-order valence-electron chi connectivity index (χ1n) is 4.65. The lowest BCUT2D eigenvalue weighted by atomic mass is 10.00. The first-order valence-corrected chi connectivity index (χ1v) is 4.65. The molecule has 0 amide bonds. The van der Waals surface area contributed by atoms with Crippen LogP contribution in [0.2, 0.25) is 0 Å². The topological polar surface area (TPSA) is 35.2 Å². The van der Waals surface area contributed by atoms with E-state index in [-0.39, 0.29) is 11.9 Å². The predicted molar refractivity (Wildman–Crippen MR) is 54.6 cm³/mol. The zero-order chi connectivity index (χ0) is 10.6. The highest BCUT2D eigenvalue weighted by Crippen LogP contribution is 2.19. The van der Waals surface area contributed by atoms with Gasteiger partial charge in [-0.05, 0) is 36.6 Å². The Bertz CT molecular complexity index is 301. The SMILES string of the molecule is COCCC(N)c1ccc(F)cc1C. The Morgan fingerprint density at radius 2 is 2.21 bits per heavy atom. The molecular formula is C11H16FNO. The molecule has 14 heavy (non-hydrogen) atoms. The molecule has 2 N–H and O–H groups in total. The molecule has 1 unspecified atom stereocenters. The van der Waals surface area contributed by atoms with Crippen molar-refractivity contribution in [3.63, 3.8) is 0 Å². The molecule has 0 spiro atoms. The molecule has 78 valence electrons. The van der Waals surface area contributed by atoms with Crippen LogP contribution in [0.25, 0.3) is 0 Å². The van der Waals surface area contributed by atoms with Gasteiger partial charge in [-0.1, -0.05) is 6.07 Å². The minimum Gasteiger partial charge on any atom is -0.385 e. The molecule has 2 nitrogen and oxygen atoms in total. The number of ether oxygens (including phenoxy) is 1. The second-order valence-electron chi connectivity index (χ2n) is 3.39. The van der Waals surface area contributed by atoms with Gasteiger partial charge < -0.3 is 10.5 Å². The Balaban J connectivity index is 2.74. The van der Waals surface area contributed by atoms with Crippen molar-refractivity contribution in [3.05, 3.63) is 35.1 Å². The number of hydrogen-bond donors (Lipinski definition) is 1. The summed E-state index contributed by atoms with van der Waals surface area (Å²) in [5, 5.41) is 0. The van der Waals surface area contributed by atoms with Crippen LogP contribution in [-0.4, -0.2) is 13.7 Å². The van der Waals surface area contributed by atoms with Gasteiger partial charge in [0.1, 0.15) is 5.82 Å². The van der Waals surface area contributed by atoms with E-state index in [9.17, 15) is 4.39 Å². The van der Waals surface area contributed by atoms with E-state index in [4.69, 9.17) is 10.5 Å². The van der Waals surface area contributed by atoms with Crippen LogP contribution >= 0.6 is 0 Å². The lowest BCUT2D eigenvalue weighted by Gasteiger charge is -2.14. The van der Waals surface area contributed by atoms with Gasteiger partial charge in [-0.2, -0.15) is 0 Å². The summed E-state index contributed by atoms with van der Waals surface area (Å²) in [4.78, 5) is 0. The van der Waals surface area contributed by atoms with Crippen LogP contribution < -0.4 is 5.73 Å². The van der Waals surface area contributed by atoms with Crippen molar-refractivity contribution in [2.45, 2.75) is 19.4 Å². The van der Waals surface area contributed by atoms with E-state index in [0.717, 1.165) is 17.5 Å². The average Bonchev–Trinajstić information content (AvgIpc) is 2.14. The number of halogens is 1. The minimum absolute atomic E-state index is 0.0736. The normalized spacial score (nSPS) is 12.9. The van der Waals surface area contributed by atoms with Crippen LogP contribution in [0.1, 0.15) is 23.6 Å². The van der Waals surface area contributed by atoms with Crippen molar-refractivity contribution >= 4 is 0 Å². The van der Waals surface area contributed by atoms with E-state index in [1.165, 1.54) is 12.1 Å². The van der Waals surface area contributed by atoms with E-state index >= 15 is 0 Å². The molecular weight excluding hydrogens is 181 g/mol. The van der Waals surface area contributed by atoms with E-state index < -0.39 is 0 Å². The summed E-state index contributed by atoms with van der Waals surface area (Å²) >= 11 is 0. The average molecular weight is 197 g/mol. The van der Waals surface area contributed by atoms with Crippen molar-refractivity contribution < 1.29 is 9.13 Å². The molecule has 0 bridgehead atoms. The summed E-state index contributed by atoms with van der Waals surface area (Å²) in [7, 11) is 1.64. The van der Waals surface area contributed by atoms with Crippen molar-refractivity contribution in [2.75, 3.05) is 13.7 Å². The largest absolute Gasteiger partial charge is 0.385 e. The maximum atomic E-state index is 12.8. The number of hydrogen-bond acceptors (Lipinski definition) is 2. The van der Waals surface area contributed by atoms with Crippen LogP contribution in [0, 0.1) is 12.7 Å². The third-order valence-electron chi connectivity index (χ3n) is 2.26. The lowest BCUT2D eigenvalue weighted by molar-refractivity contribution is 0.188. The second kappa shape index (κ2) is 5.08. The molecule has 0 saturated heterocycles. The van der Waals surface area contributed by atoms with Gasteiger partial charge in [0.2, 0.25) is 0 Å². The third kappa shape index (κ3) is 2.79. The van der Waals surface area contributed by atoms with Gasteiger partial charge >= 0.3 is 0 Å². The summed E-state index contributed by atoms with van der Waals surface area (Å²) in [6.45, 7) is 2.49. The van der Waals surface area contributed by atoms with Crippen molar-refractivity contribution in [2.24, 2.45) is 5.73 Å². The van der Waals surface area contributed by atoms with E-state index in [0.29, 0.717) is 6.61 Å². The molecule has 0 aliphatic rings. The number of rotatable bonds is 4. The van der Waals surface area contributed by atoms with Gasteiger partial charge in [0.15, 0.2) is 0 Å². The maximum Gasteiger partial charge on any atom is 0.123 e. The first-order chi connectivity index (χ1) is 6.65. The molecule has 0 aliphatic carbocycles. The Labute approximate surface area is 83.9 Å². The zero-order valence-electron chi connectivity index (χ0n) is 8.59. The molecule has 0 radical (unpaired) electrons. The summed E-state index contributed by atoms with van der Waals surface area (Å²) < 4.78 is 17.7. The van der Waals surface area contributed by atoms with E-state index in [1.54, 1.807) is 13.2 Å². The smallest absolute Gasteiger partial charge is 0.123 e. The fourth-order valence-electron chi connectivity index (χ4n) is 1.46. The number of nitrogens with two attached hydrogens (primary N) is 1. The van der Waals surface area contributed by atoms with Gasteiger partial charge in [0, 0.05) is 19.8 Å². The van der Waals surface area contributed by atoms with Gasteiger partial charge in [-0.25, -0.2) is 4.39 Å². The number of methoxy groups -OCH3 is 1. The standard InChI is InChI=1S/C11H16FNO/c1-8-7-9(12)3-4-10(8)11(13)5-6-14-2/h3-4,7,11H,5-6,13H2,1-2H3. The molecule has 1 atom stereocenters. The highest BCUT2D eigenvalue weighted by molar-refractivity contribution is 5.29. The Morgan fingerprint density at radius 3 is 2.79 bits per heavy atom. The summed E-state index contributed by atoms with van der Waals surface area (Å²) in [6.07, 6.45) is 0.753. The van der Waals surface area contributed by atoms with Gasteiger partial charge in [0.05, 0.1) is 0 Å². The van der Waals surface area contributed by atoms with Crippen molar-refractivity contribution in [1.29, 1.82) is 0 Å². The summed E-state index contributed by atoms with van der Waals surface area (Å²) in [5.74, 6) is -0.217. The Kier molecular flexibility index (Phi) is 4.04. The molecule has 1 aromatic carbocycles. The summed E-state index contributed by atoms with van der Waals surface area (Å²) in [6, 6.07) is 4.61. The molecule has 3 heteroatoms. The molecule has 0 saturated carbocycles. The lowest BCUT2D eigenvalue weighted by Crippen LogP contribution is -2.14. The highest BCUT2D eigenvalue weighted by atomic mass is 19.1. The van der Waals surface area contributed by atoms with Crippen molar-refractivity contribution in [3.8, 4) is 0 Å². The second-order valence-corrected chi connectivity index (χ2v) is 3.39. The highest BCUT2D eigenvalue weighted by Gasteiger charge is 2.08. The summed E-state index contributed by atoms with van der Waals surface area (Å²) in [5.41, 5.74) is 7.82. The van der Waals surface area contributed by atoms with Crippen LogP contribution in [0.3, 0.4) is 0 Å². The fourth-order valence-corrected chi connectivity index (χ4v) is 1.46. The van der Waals surface area contributed by atoms with Crippen LogP contribution in [0.15, 0.2) is 18.2 Å². The van der Waals surface area contributed by atoms with Gasteiger partial charge in [-0.15, -0.1) is 0 Å². The molecule has 0 aromatic heterocycles. The monoisotopic (exact) mass is 197 g/mol. The predicted octanol–water partition coefficient (Wildman–Crippen LogP) is 2.17. The van der Waals surface area contributed by atoms with Gasteiger partial charge in [0.25, 0.3) is 0 Å². The molecule has 1 rings (SSSR count). The van der Waals surface area contributed by atoms with E-state index in [2.05, 4.69) is 0 Å². The van der Waals surface area contributed by atoms with Crippen LogP contribution in [-0.2, 0) is 4.74 Å². The Morgan fingerprint density at radius 1 is 1.50 bits per heavy atom. The molecule has 1 aromatic rings. The van der Waals surface area contributed by atoms with E-state index in [1.807, 2.05) is 6.92 Å². The minimum atomic E-state index is -0.217. The maximum absolute atomic E-state index is 12.8. The third-order valence-corrected chi connectivity index (χ3v) is 2.26. The molecule has 0 heterocycles. The number of aryl methyl sites for hydroxylation is 1. The Hall–Kier alpha value is -0.930. The molecule has 0 aliphatic heterocycles. The quantitative estimate of drug-likeness (QED) is 0.802. The number of benzene rings is 1.